The highest BCUT2D eigenvalue weighted by Crippen LogP contribution is 2.16. The molecule has 2 amide bonds. The Morgan fingerprint density at radius 2 is 1.10 bits per heavy atom. The Morgan fingerprint density at radius 1 is 0.767 bits per heavy atom. The van der Waals surface area contributed by atoms with E-state index in [1.165, 1.54) is 48.5 Å². The van der Waals surface area contributed by atoms with Gasteiger partial charge in [0, 0.05) is 11.1 Å². The van der Waals surface area contributed by atoms with Gasteiger partial charge in [0.2, 0.25) is 11.8 Å². The van der Waals surface area contributed by atoms with Gasteiger partial charge >= 0.3 is 0 Å². The lowest BCUT2D eigenvalue weighted by Gasteiger charge is -2.29. The minimum absolute atomic E-state index is 0.0766. The average molecular weight is 424 g/mol. The molecule has 0 fully saturated rings. The number of primary amides is 2. The van der Waals surface area contributed by atoms with Crippen molar-refractivity contribution in [2.24, 2.45) is 11.5 Å². The lowest BCUT2D eigenvalue weighted by molar-refractivity contribution is -0.167. The number of amides is 2. The molecule has 0 radical (unpaired) electrons. The van der Waals surface area contributed by atoms with Crippen molar-refractivity contribution in [3.05, 3.63) is 71.3 Å². The van der Waals surface area contributed by atoms with E-state index in [2.05, 4.69) is 0 Å². The van der Waals surface area contributed by atoms with Crippen LogP contribution < -0.4 is 11.5 Å². The predicted octanol–water partition coefficient (Wildman–Crippen LogP) is 0.128. The number of hydrogen-bond acceptors (Lipinski definition) is 6. The lowest BCUT2D eigenvalue weighted by Crippen LogP contribution is -2.54. The number of hydrogen-bond donors (Lipinski definition) is 4. The summed E-state index contributed by atoms with van der Waals surface area (Å²) < 4.78 is 37.8. The third kappa shape index (κ3) is 6.04. The molecule has 2 aromatic rings. The van der Waals surface area contributed by atoms with E-state index >= 15 is 0 Å². The zero-order valence-electron chi connectivity index (χ0n) is 15.8. The van der Waals surface area contributed by atoms with E-state index in [-0.39, 0.29) is 11.1 Å². The fourth-order valence-corrected chi connectivity index (χ4v) is 2.65. The number of benzene rings is 2. The molecular weight excluding hydrogens is 402 g/mol. The maximum atomic E-state index is 13.7. The fraction of sp³-hybridized carbons (Fsp3) is 0.300. The predicted molar refractivity (Wildman–Crippen MR) is 100 cm³/mol. The van der Waals surface area contributed by atoms with E-state index in [1.54, 1.807) is 0 Å². The van der Waals surface area contributed by atoms with Crippen molar-refractivity contribution in [3.8, 4) is 0 Å². The Labute approximate surface area is 171 Å². The summed E-state index contributed by atoms with van der Waals surface area (Å²) in [5.41, 5.74) is 10.6. The summed E-state index contributed by atoms with van der Waals surface area (Å²) in [4.78, 5) is 23.4. The van der Waals surface area contributed by atoms with Crippen molar-refractivity contribution < 1.29 is 38.1 Å². The highest BCUT2D eigenvalue weighted by molar-refractivity contribution is 5.81. The fourth-order valence-electron chi connectivity index (χ4n) is 2.65. The Balaban J connectivity index is 2.09. The van der Waals surface area contributed by atoms with Gasteiger partial charge in [-0.1, -0.05) is 36.4 Å². The van der Waals surface area contributed by atoms with Crippen molar-refractivity contribution in [2.75, 3.05) is 0 Å². The highest BCUT2D eigenvalue weighted by Gasteiger charge is 2.39. The van der Waals surface area contributed by atoms with E-state index in [4.69, 9.17) is 20.9 Å². The molecule has 4 atom stereocenters. The Hall–Kier alpha value is -2.92. The first-order valence-corrected chi connectivity index (χ1v) is 8.87. The number of ether oxygens (including phenoxy) is 2. The van der Waals surface area contributed by atoms with Crippen LogP contribution in [0.15, 0.2) is 48.5 Å². The number of aliphatic hydroxyl groups is 2. The summed E-state index contributed by atoms with van der Waals surface area (Å²) >= 11 is 0. The van der Waals surface area contributed by atoms with Gasteiger partial charge in [-0.15, -0.1) is 0 Å². The first kappa shape index (κ1) is 23.4. The zero-order valence-corrected chi connectivity index (χ0v) is 15.8. The van der Waals surface area contributed by atoms with Gasteiger partial charge in [-0.2, -0.15) is 0 Å². The molecule has 30 heavy (non-hydrogen) atoms. The summed E-state index contributed by atoms with van der Waals surface area (Å²) in [5, 5.41) is 20.7. The van der Waals surface area contributed by atoms with E-state index < -0.39 is 61.1 Å². The number of carbonyl (C=O) groups excluding carboxylic acids is 2. The smallest absolute Gasteiger partial charge is 0.249 e. The van der Waals surface area contributed by atoms with Crippen LogP contribution >= 0.6 is 0 Å². The second kappa shape index (κ2) is 10.7. The van der Waals surface area contributed by atoms with Crippen LogP contribution in [0.25, 0.3) is 0 Å². The van der Waals surface area contributed by atoms with Gasteiger partial charge < -0.3 is 31.2 Å². The van der Waals surface area contributed by atoms with Gasteiger partial charge in [0.05, 0.1) is 13.2 Å². The third-order valence-corrected chi connectivity index (χ3v) is 4.28. The van der Waals surface area contributed by atoms with Crippen molar-refractivity contribution in [3.63, 3.8) is 0 Å². The second-order valence-corrected chi connectivity index (χ2v) is 6.43. The van der Waals surface area contributed by atoms with E-state index in [1.807, 2.05) is 0 Å². The van der Waals surface area contributed by atoms with Crippen LogP contribution in [-0.2, 0) is 32.3 Å². The molecule has 0 aliphatic carbocycles. The largest absolute Gasteiger partial charge is 0.387 e. The molecule has 162 valence electrons. The zero-order chi connectivity index (χ0) is 22.3. The molecule has 0 aliphatic rings. The van der Waals surface area contributed by atoms with Gasteiger partial charge in [-0.25, -0.2) is 8.78 Å². The van der Waals surface area contributed by atoms with E-state index in [9.17, 15) is 28.6 Å². The van der Waals surface area contributed by atoms with Gasteiger partial charge in [-0.05, 0) is 12.1 Å². The summed E-state index contributed by atoms with van der Waals surface area (Å²) in [6, 6.07) is 11.1. The van der Waals surface area contributed by atoms with Crippen LogP contribution in [0.3, 0.4) is 0 Å². The molecule has 2 rings (SSSR count). The molecule has 0 saturated heterocycles. The molecule has 0 aromatic heterocycles. The normalized spacial score (nSPS) is 15.2. The van der Waals surface area contributed by atoms with Gasteiger partial charge in [-0.3, -0.25) is 9.59 Å². The van der Waals surface area contributed by atoms with Gasteiger partial charge in [0.1, 0.15) is 23.8 Å². The molecule has 2 aromatic carbocycles. The summed E-state index contributed by atoms with van der Waals surface area (Å²) in [6.45, 7) is -0.886. The van der Waals surface area contributed by atoms with Crippen LogP contribution in [0, 0.1) is 11.6 Å². The summed E-state index contributed by atoms with van der Waals surface area (Å²) in [6.07, 6.45) is -7.68. The number of halogens is 2. The van der Waals surface area contributed by atoms with Crippen LogP contribution in [0.4, 0.5) is 8.78 Å². The van der Waals surface area contributed by atoms with E-state index in [0.717, 1.165) is 0 Å². The topological polar surface area (TPSA) is 145 Å². The molecule has 0 saturated carbocycles. The molecule has 0 heterocycles. The van der Waals surface area contributed by atoms with Crippen LogP contribution in [0.1, 0.15) is 11.1 Å². The van der Waals surface area contributed by atoms with Crippen LogP contribution in [-0.4, -0.2) is 46.4 Å². The first-order chi connectivity index (χ1) is 14.2. The van der Waals surface area contributed by atoms with Crippen molar-refractivity contribution >= 4 is 11.8 Å². The van der Waals surface area contributed by atoms with Crippen LogP contribution in [0.5, 0.6) is 0 Å². The molecular formula is C20H22F2N2O6. The minimum atomic E-state index is -2.03. The standard InChI is InChI=1S/C20H22F2N2O6/c21-13-7-3-1-5-11(13)9-29-17(19(23)27)15(25)16(26)18(20(24)28)30-10-12-6-2-4-8-14(12)22/h1-8,15-18,25-26H,9-10H2,(H2,23,27)(H2,24,28). The maximum Gasteiger partial charge on any atom is 0.249 e. The maximum absolute atomic E-state index is 13.7. The summed E-state index contributed by atoms with van der Waals surface area (Å²) in [5.74, 6) is -3.57. The summed E-state index contributed by atoms with van der Waals surface area (Å²) in [7, 11) is 0. The Bertz CT molecular complexity index is 810. The average Bonchev–Trinajstić information content (AvgIpc) is 2.70. The first-order valence-electron chi connectivity index (χ1n) is 8.87. The molecule has 10 heteroatoms. The SMILES string of the molecule is NC(=O)C(OCc1ccccc1F)C(O)C(O)C(OCc1ccccc1F)C(N)=O. The third-order valence-electron chi connectivity index (χ3n) is 4.28. The minimum Gasteiger partial charge on any atom is -0.387 e. The van der Waals surface area contributed by atoms with E-state index in [0.29, 0.717) is 0 Å². The molecule has 0 aliphatic heterocycles. The highest BCUT2D eigenvalue weighted by atomic mass is 19.1. The van der Waals surface area contributed by atoms with Crippen molar-refractivity contribution in [2.45, 2.75) is 37.6 Å². The Morgan fingerprint density at radius 3 is 1.40 bits per heavy atom. The lowest BCUT2D eigenvalue weighted by atomic mass is 10.0. The monoisotopic (exact) mass is 424 g/mol. The van der Waals surface area contributed by atoms with Gasteiger partial charge in [0.25, 0.3) is 0 Å². The second-order valence-electron chi connectivity index (χ2n) is 6.43. The molecule has 6 N–H and O–H groups in total. The van der Waals surface area contributed by atoms with Crippen LogP contribution in [0.2, 0.25) is 0 Å². The van der Waals surface area contributed by atoms with Crippen molar-refractivity contribution in [1.29, 1.82) is 0 Å². The van der Waals surface area contributed by atoms with Crippen molar-refractivity contribution in [1.82, 2.24) is 0 Å². The molecule has 8 nitrogen and oxygen atoms in total. The number of rotatable bonds is 11. The molecule has 0 bridgehead atoms. The van der Waals surface area contributed by atoms with Gasteiger partial charge in [0.15, 0.2) is 12.2 Å². The number of carbonyl (C=O) groups is 2. The quantitative estimate of drug-likeness (QED) is 0.403. The number of nitrogens with two attached hydrogens (primary N) is 2. The molecule has 0 spiro atoms. The Kier molecular flexibility index (Phi) is 8.36. The molecule has 4 unspecified atom stereocenters. The number of aliphatic hydroxyl groups excluding tert-OH is 2.